The molecule has 2 fully saturated rings. The third kappa shape index (κ3) is 3.73. The lowest BCUT2D eigenvalue weighted by Crippen LogP contribution is -2.34. The fourth-order valence-corrected chi connectivity index (χ4v) is 4.91. The molecule has 2 rings (SSSR count). The molecule has 0 saturated heterocycles. The van der Waals surface area contributed by atoms with E-state index in [9.17, 15) is 0 Å². The summed E-state index contributed by atoms with van der Waals surface area (Å²) in [5.74, 6) is 4.94. The lowest BCUT2D eigenvalue weighted by atomic mass is 9.67. The van der Waals surface area contributed by atoms with Crippen LogP contribution in [0.5, 0.6) is 0 Å². The van der Waals surface area contributed by atoms with Crippen LogP contribution in [-0.2, 0) is 0 Å². The summed E-state index contributed by atoms with van der Waals surface area (Å²) < 4.78 is 0. The number of hydrogen-bond donors (Lipinski definition) is 1. The Balaban J connectivity index is 2.01. The summed E-state index contributed by atoms with van der Waals surface area (Å²) in [4.78, 5) is 0. The minimum atomic E-state index is 0.958. The van der Waals surface area contributed by atoms with Gasteiger partial charge in [-0.2, -0.15) is 0 Å². The van der Waals surface area contributed by atoms with Crippen molar-refractivity contribution >= 4 is 0 Å². The molecule has 1 nitrogen and oxygen atoms in total. The van der Waals surface area contributed by atoms with Gasteiger partial charge in [0.1, 0.15) is 0 Å². The lowest BCUT2D eigenvalue weighted by Gasteiger charge is -2.39. The maximum atomic E-state index is 3.46. The molecule has 106 valence electrons. The van der Waals surface area contributed by atoms with Crippen molar-refractivity contribution < 1.29 is 0 Å². The fraction of sp³-hybridized carbons (Fsp3) is 1.00. The minimum absolute atomic E-state index is 0.958. The van der Waals surface area contributed by atoms with Crippen LogP contribution in [0.4, 0.5) is 0 Å². The molecular formula is C17H33N. The number of rotatable bonds is 3. The zero-order valence-electron chi connectivity index (χ0n) is 12.8. The van der Waals surface area contributed by atoms with Crippen molar-refractivity contribution in [2.75, 3.05) is 13.6 Å². The Labute approximate surface area is 114 Å². The largest absolute Gasteiger partial charge is 0.319 e. The van der Waals surface area contributed by atoms with Gasteiger partial charge in [0, 0.05) is 0 Å². The van der Waals surface area contributed by atoms with Gasteiger partial charge in [-0.3, -0.25) is 0 Å². The second kappa shape index (κ2) is 6.93. The normalized spacial score (nSPS) is 42.5. The van der Waals surface area contributed by atoms with E-state index in [1.165, 1.54) is 57.9 Å². The molecule has 0 aromatic heterocycles. The van der Waals surface area contributed by atoms with Crippen LogP contribution in [0.2, 0.25) is 0 Å². The molecule has 0 bridgehead atoms. The molecular weight excluding hydrogens is 218 g/mol. The summed E-state index contributed by atoms with van der Waals surface area (Å²) in [6, 6.07) is 0. The van der Waals surface area contributed by atoms with Crippen molar-refractivity contribution in [3.63, 3.8) is 0 Å². The number of hydrogen-bond acceptors (Lipinski definition) is 1. The van der Waals surface area contributed by atoms with Crippen LogP contribution in [0, 0.1) is 29.6 Å². The summed E-state index contributed by atoms with van der Waals surface area (Å²) in [5.41, 5.74) is 0. The van der Waals surface area contributed by atoms with Crippen LogP contribution >= 0.6 is 0 Å². The maximum Gasteiger partial charge on any atom is -0.00208 e. The zero-order valence-corrected chi connectivity index (χ0v) is 12.8. The first-order valence-corrected chi connectivity index (χ1v) is 8.35. The molecule has 4 unspecified atom stereocenters. The van der Waals surface area contributed by atoms with Gasteiger partial charge >= 0.3 is 0 Å². The van der Waals surface area contributed by atoms with Crippen LogP contribution in [0.15, 0.2) is 0 Å². The summed E-state index contributed by atoms with van der Waals surface area (Å²) in [5, 5.41) is 3.46. The van der Waals surface area contributed by atoms with Gasteiger partial charge in [0.25, 0.3) is 0 Å². The molecule has 1 N–H and O–H groups in total. The standard InChI is InChI=1S/C17H33N/c1-13-9-14(2)11-16(10-13)17-8-6-4-5-7-15(17)12-18-3/h13-18H,4-12H2,1-3H3. The van der Waals surface area contributed by atoms with Crippen molar-refractivity contribution in [2.24, 2.45) is 29.6 Å². The topological polar surface area (TPSA) is 12.0 Å². The van der Waals surface area contributed by atoms with E-state index < -0.39 is 0 Å². The third-order valence-electron chi connectivity index (χ3n) is 5.50. The van der Waals surface area contributed by atoms with Gasteiger partial charge < -0.3 is 5.32 Å². The average Bonchev–Trinajstić information content (AvgIpc) is 2.54. The first kappa shape index (κ1) is 14.4. The van der Waals surface area contributed by atoms with Crippen molar-refractivity contribution in [3.05, 3.63) is 0 Å². The van der Waals surface area contributed by atoms with E-state index in [-0.39, 0.29) is 0 Å². The fourth-order valence-electron chi connectivity index (χ4n) is 4.91. The van der Waals surface area contributed by atoms with E-state index in [4.69, 9.17) is 0 Å². The summed E-state index contributed by atoms with van der Waals surface area (Å²) >= 11 is 0. The van der Waals surface area contributed by atoms with Crippen molar-refractivity contribution in [1.82, 2.24) is 5.32 Å². The highest BCUT2D eigenvalue weighted by atomic mass is 14.8. The molecule has 0 aromatic carbocycles. The third-order valence-corrected chi connectivity index (χ3v) is 5.50. The van der Waals surface area contributed by atoms with Gasteiger partial charge in [-0.15, -0.1) is 0 Å². The van der Waals surface area contributed by atoms with E-state index >= 15 is 0 Å². The molecule has 0 radical (unpaired) electrons. The maximum absolute atomic E-state index is 3.46. The van der Waals surface area contributed by atoms with E-state index in [1.54, 1.807) is 0 Å². The molecule has 0 aromatic rings. The molecule has 18 heavy (non-hydrogen) atoms. The summed E-state index contributed by atoms with van der Waals surface area (Å²) in [6.07, 6.45) is 11.9. The molecule has 0 aliphatic heterocycles. The second-order valence-corrected chi connectivity index (χ2v) is 7.30. The van der Waals surface area contributed by atoms with E-state index in [0.717, 1.165) is 29.6 Å². The van der Waals surface area contributed by atoms with Crippen LogP contribution in [-0.4, -0.2) is 13.6 Å². The second-order valence-electron chi connectivity index (χ2n) is 7.30. The Bertz CT molecular complexity index is 228. The van der Waals surface area contributed by atoms with Gasteiger partial charge in [0.2, 0.25) is 0 Å². The first-order chi connectivity index (χ1) is 8.70. The SMILES string of the molecule is CNCC1CCCCCC1C1CC(C)CC(C)C1. The van der Waals surface area contributed by atoms with E-state index in [1.807, 2.05) is 0 Å². The van der Waals surface area contributed by atoms with Crippen molar-refractivity contribution in [1.29, 1.82) is 0 Å². The zero-order chi connectivity index (χ0) is 13.0. The Morgan fingerprint density at radius 3 is 2.22 bits per heavy atom. The molecule has 0 spiro atoms. The monoisotopic (exact) mass is 251 g/mol. The Kier molecular flexibility index (Phi) is 5.54. The van der Waals surface area contributed by atoms with E-state index in [2.05, 4.69) is 26.2 Å². The Morgan fingerprint density at radius 2 is 1.56 bits per heavy atom. The molecule has 0 heterocycles. The quantitative estimate of drug-likeness (QED) is 0.730. The molecule has 1 heteroatoms. The van der Waals surface area contributed by atoms with Gasteiger partial charge in [-0.1, -0.05) is 33.1 Å². The molecule has 0 amide bonds. The van der Waals surface area contributed by atoms with Gasteiger partial charge in [-0.25, -0.2) is 0 Å². The molecule has 4 atom stereocenters. The molecule has 2 saturated carbocycles. The highest BCUT2D eigenvalue weighted by molar-refractivity contribution is 4.85. The summed E-state index contributed by atoms with van der Waals surface area (Å²) in [7, 11) is 2.13. The number of nitrogens with one attached hydrogen (secondary N) is 1. The van der Waals surface area contributed by atoms with Gasteiger partial charge in [-0.05, 0) is 75.3 Å². The minimum Gasteiger partial charge on any atom is -0.319 e. The average molecular weight is 251 g/mol. The lowest BCUT2D eigenvalue weighted by molar-refractivity contribution is 0.113. The molecule has 2 aliphatic carbocycles. The van der Waals surface area contributed by atoms with Crippen LogP contribution < -0.4 is 5.32 Å². The van der Waals surface area contributed by atoms with Crippen molar-refractivity contribution in [3.8, 4) is 0 Å². The first-order valence-electron chi connectivity index (χ1n) is 8.35. The Hall–Kier alpha value is -0.0400. The van der Waals surface area contributed by atoms with Gasteiger partial charge in [0.15, 0.2) is 0 Å². The predicted octanol–water partition coefficient (Wildman–Crippen LogP) is 4.47. The summed E-state index contributed by atoms with van der Waals surface area (Å²) in [6.45, 7) is 6.21. The van der Waals surface area contributed by atoms with Crippen LogP contribution in [0.25, 0.3) is 0 Å². The highest BCUT2D eigenvalue weighted by Gasteiger charge is 2.34. The Morgan fingerprint density at radius 1 is 0.889 bits per heavy atom. The van der Waals surface area contributed by atoms with Crippen LogP contribution in [0.3, 0.4) is 0 Å². The smallest absolute Gasteiger partial charge is 0.00208 e. The van der Waals surface area contributed by atoms with Gasteiger partial charge in [0.05, 0.1) is 0 Å². The van der Waals surface area contributed by atoms with Crippen LogP contribution in [0.1, 0.15) is 65.2 Å². The predicted molar refractivity (Wildman–Crippen MR) is 79.7 cm³/mol. The molecule has 2 aliphatic rings. The van der Waals surface area contributed by atoms with E-state index in [0.29, 0.717) is 0 Å². The van der Waals surface area contributed by atoms with Crippen molar-refractivity contribution in [2.45, 2.75) is 65.2 Å². The highest BCUT2D eigenvalue weighted by Crippen LogP contribution is 2.43.